The molecule has 0 radical (unpaired) electrons. The van der Waals surface area contributed by atoms with Crippen LogP contribution in [0.25, 0.3) is 10.9 Å². The molecule has 8 heteroatoms. The summed E-state index contributed by atoms with van der Waals surface area (Å²) in [6.45, 7) is 0. The van der Waals surface area contributed by atoms with Crippen molar-refractivity contribution in [1.29, 1.82) is 0 Å². The van der Waals surface area contributed by atoms with E-state index in [-0.39, 0.29) is 29.3 Å². The van der Waals surface area contributed by atoms with E-state index in [1.54, 1.807) is 18.3 Å². The summed E-state index contributed by atoms with van der Waals surface area (Å²) >= 11 is 6.19. The highest BCUT2D eigenvalue weighted by Crippen LogP contribution is 2.60. The molecule has 0 spiro atoms. The summed E-state index contributed by atoms with van der Waals surface area (Å²) in [5, 5.41) is 22.5. The zero-order valence-electron chi connectivity index (χ0n) is 14.1. The molecule has 0 bridgehead atoms. The molecule has 2 saturated carbocycles. The molecular formula is C19H16ClFN4O2. The maximum atomic E-state index is 13.2. The van der Waals surface area contributed by atoms with Crippen molar-refractivity contribution in [2.45, 2.75) is 24.5 Å². The standard InChI is InChI=1S/C19H16ClFN4O2/c20-10-2-15(14-8-23-25-16(14)3-10)19(27)4-12-13(5-19)17(12)24-18(26)9-1-11(21)7-22-6-9/h1-3,6-8,12-13,17,27H,4-5H2,(H,23,25)(H,24,26)/t12-,13+,17+,19-. The van der Waals surface area contributed by atoms with Gasteiger partial charge in [0.15, 0.2) is 0 Å². The van der Waals surface area contributed by atoms with Gasteiger partial charge in [-0.1, -0.05) is 11.6 Å². The number of aromatic nitrogens is 3. The van der Waals surface area contributed by atoms with Gasteiger partial charge in [-0.25, -0.2) is 4.39 Å². The minimum absolute atomic E-state index is 0.0138. The number of fused-ring (bicyclic) bond motifs is 2. The molecule has 138 valence electrons. The van der Waals surface area contributed by atoms with Crippen molar-refractivity contribution in [2.75, 3.05) is 0 Å². The Hall–Kier alpha value is -2.51. The van der Waals surface area contributed by atoms with Gasteiger partial charge in [0.2, 0.25) is 0 Å². The fourth-order valence-corrected chi connectivity index (χ4v) is 4.69. The Labute approximate surface area is 158 Å². The molecule has 2 aliphatic carbocycles. The molecule has 1 aromatic carbocycles. The zero-order valence-corrected chi connectivity index (χ0v) is 14.9. The van der Waals surface area contributed by atoms with E-state index in [2.05, 4.69) is 20.5 Å². The van der Waals surface area contributed by atoms with E-state index in [4.69, 9.17) is 11.6 Å². The fraction of sp³-hybridized carbons (Fsp3) is 0.316. The first-order valence-electron chi connectivity index (χ1n) is 8.71. The summed E-state index contributed by atoms with van der Waals surface area (Å²) in [6, 6.07) is 4.72. The van der Waals surface area contributed by atoms with Gasteiger partial charge in [0.1, 0.15) is 5.82 Å². The van der Waals surface area contributed by atoms with Crippen LogP contribution < -0.4 is 5.32 Å². The van der Waals surface area contributed by atoms with Crippen molar-refractivity contribution in [3.8, 4) is 0 Å². The number of rotatable bonds is 3. The monoisotopic (exact) mass is 386 g/mol. The van der Waals surface area contributed by atoms with Crippen molar-refractivity contribution < 1.29 is 14.3 Å². The maximum absolute atomic E-state index is 13.2. The summed E-state index contributed by atoms with van der Waals surface area (Å²) < 4.78 is 13.2. The third-order valence-corrected chi connectivity index (χ3v) is 5.99. The number of hydrogen-bond donors (Lipinski definition) is 3. The zero-order chi connectivity index (χ0) is 18.8. The van der Waals surface area contributed by atoms with E-state index in [0.717, 1.165) is 22.7 Å². The summed E-state index contributed by atoms with van der Waals surface area (Å²) in [7, 11) is 0. The second-order valence-electron chi connectivity index (χ2n) is 7.44. The van der Waals surface area contributed by atoms with E-state index in [1.807, 2.05) is 0 Å². The summed E-state index contributed by atoms with van der Waals surface area (Å²) in [5.74, 6) is -0.522. The van der Waals surface area contributed by atoms with Crippen LogP contribution in [0.1, 0.15) is 28.8 Å². The second kappa shape index (κ2) is 5.74. The van der Waals surface area contributed by atoms with E-state index in [1.165, 1.54) is 12.3 Å². The predicted octanol–water partition coefficient (Wildman–Crippen LogP) is 2.78. The Morgan fingerprint density at radius 3 is 2.78 bits per heavy atom. The number of carbonyl (C=O) groups is 1. The first-order valence-corrected chi connectivity index (χ1v) is 9.09. The summed E-state index contributed by atoms with van der Waals surface area (Å²) in [6.07, 6.45) is 5.16. The van der Waals surface area contributed by atoms with E-state index in [9.17, 15) is 14.3 Å². The average Bonchev–Trinajstić information content (AvgIpc) is 3.01. The van der Waals surface area contributed by atoms with Crippen LogP contribution in [0.4, 0.5) is 4.39 Å². The largest absolute Gasteiger partial charge is 0.385 e. The lowest BCUT2D eigenvalue weighted by molar-refractivity contribution is 0.0293. The molecule has 2 aromatic heterocycles. The Balaban J connectivity index is 1.33. The van der Waals surface area contributed by atoms with Gasteiger partial charge < -0.3 is 10.4 Å². The molecule has 3 aromatic rings. The van der Waals surface area contributed by atoms with Crippen molar-refractivity contribution in [1.82, 2.24) is 20.5 Å². The van der Waals surface area contributed by atoms with E-state index >= 15 is 0 Å². The molecular weight excluding hydrogens is 371 g/mol. The lowest BCUT2D eigenvalue weighted by atomic mass is 9.86. The number of aliphatic hydroxyl groups is 1. The second-order valence-corrected chi connectivity index (χ2v) is 7.88. The molecule has 0 aliphatic heterocycles. The lowest BCUT2D eigenvalue weighted by Crippen LogP contribution is -2.33. The number of pyridine rings is 1. The van der Waals surface area contributed by atoms with Crippen molar-refractivity contribution in [3.63, 3.8) is 0 Å². The molecule has 2 aliphatic rings. The molecule has 0 unspecified atom stereocenters. The SMILES string of the molecule is O=C(N[C@H]1[C@@H]2C[C@](O)(c3cc(Cl)cc4[nH]ncc34)C[C@@H]21)c1cncc(F)c1. The van der Waals surface area contributed by atoms with Crippen LogP contribution >= 0.6 is 11.6 Å². The number of nitrogens with zero attached hydrogens (tertiary/aromatic N) is 2. The highest BCUT2D eigenvalue weighted by molar-refractivity contribution is 6.31. The Morgan fingerprint density at radius 2 is 2.04 bits per heavy atom. The maximum Gasteiger partial charge on any atom is 0.253 e. The molecule has 0 saturated heterocycles. The molecule has 6 nitrogen and oxygen atoms in total. The van der Waals surface area contributed by atoms with Crippen LogP contribution in [0.15, 0.2) is 36.8 Å². The third-order valence-electron chi connectivity index (χ3n) is 5.77. The number of amides is 1. The van der Waals surface area contributed by atoms with Gasteiger partial charge in [-0.05, 0) is 48.4 Å². The Kier molecular flexibility index (Phi) is 3.54. The highest BCUT2D eigenvalue weighted by Gasteiger charge is 2.62. The smallest absolute Gasteiger partial charge is 0.253 e. The first kappa shape index (κ1) is 16.6. The number of halogens is 2. The molecule has 1 amide bonds. The molecule has 3 N–H and O–H groups in total. The third kappa shape index (κ3) is 2.69. The Bertz CT molecular complexity index is 1060. The minimum Gasteiger partial charge on any atom is -0.385 e. The summed E-state index contributed by atoms with van der Waals surface area (Å²) in [4.78, 5) is 16.0. The van der Waals surface area contributed by atoms with Crippen LogP contribution in [-0.4, -0.2) is 32.2 Å². The fourth-order valence-electron chi connectivity index (χ4n) is 4.47. The van der Waals surface area contributed by atoms with Gasteiger partial charge in [0.05, 0.1) is 29.1 Å². The average molecular weight is 387 g/mol. The number of carbonyl (C=O) groups excluding carboxylic acids is 1. The number of H-pyrrole nitrogens is 1. The summed E-state index contributed by atoms with van der Waals surface area (Å²) in [5.41, 5.74) is 0.759. The lowest BCUT2D eigenvalue weighted by Gasteiger charge is -2.27. The van der Waals surface area contributed by atoms with Gasteiger partial charge in [-0.2, -0.15) is 5.10 Å². The van der Waals surface area contributed by atoms with Crippen LogP contribution in [-0.2, 0) is 5.60 Å². The van der Waals surface area contributed by atoms with E-state index < -0.39 is 11.4 Å². The number of aromatic amines is 1. The molecule has 4 atom stereocenters. The van der Waals surface area contributed by atoms with Gasteiger partial charge in [0, 0.05) is 22.6 Å². The normalized spacial score (nSPS) is 28.9. The Morgan fingerprint density at radius 1 is 1.26 bits per heavy atom. The minimum atomic E-state index is -0.996. The van der Waals surface area contributed by atoms with Gasteiger partial charge >= 0.3 is 0 Å². The van der Waals surface area contributed by atoms with Crippen LogP contribution in [0, 0.1) is 17.7 Å². The van der Waals surface area contributed by atoms with Gasteiger partial charge in [-0.3, -0.25) is 14.9 Å². The number of nitrogens with one attached hydrogen (secondary N) is 2. The topological polar surface area (TPSA) is 90.9 Å². The van der Waals surface area contributed by atoms with Crippen LogP contribution in [0.2, 0.25) is 5.02 Å². The molecule has 27 heavy (non-hydrogen) atoms. The van der Waals surface area contributed by atoms with E-state index in [0.29, 0.717) is 17.9 Å². The quantitative estimate of drug-likeness (QED) is 0.645. The first-order chi connectivity index (χ1) is 12.9. The number of benzene rings is 1. The van der Waals surface area contributed by atoms with Gasteiger partial charge in [-0.15, -0.1) is 0 Å². The highest BCUT2D eigenvalue weighted by atomic mass is 35.5. The molecule has 5 rings (SSSR count). The van der Waals surface area contributed by atoms with Crippen molar-refractivity contribution >= 4 is 28.4 Å². The van der Waals surface area contributed by atoms with Gasteiger partial charge in [0.25, 0.3) is 5.91 Å². The van der Waals surface area contributed by atoms with Crippen LogP contribution in [0.5, 0.6) is 0 Å². The van der Waals surface area contributed by atoms with Crippen molar-refractivity contribution in [2.24, 2.45) is 11.8 Å². The van der Waals surface area contributed by atoms with Crippen molar-refractivity contribution in [3.05, 3.63) is 58.8 Å². The number of hydrogen-bond acceptors (Lipinski definition) is 4. The molecule has 2 fully saturated rings. The van der Waals surface area contributed by atoms with Crippen LogP contribution in [0.3, 0.4) is 0 Å². The molecule has 2 heterocycles. The predicted molar refractivity (Wildman–Crippen MR) is 96.7 cm³/mol.